The molecular weight excluding hydrogens is 251 g/mol. The van der Waals surface area contributed by atoms with Gasteiger partial charge in [0.15, 0.2) is 5.78 Å². The van der Waals surface area contributed by atoms with Crippen molar-refractivity contribution in [2.45, 2.75) is 36.2 Å². The zero-order valence-corrected chi connectivity index (χ0v) is 10.8. The summed E-state index contributed by atoms with van der Waals surface area (Å²) in [6.45, 7) is 0. The Morgan fingerprint density at radius 2 is 1.67 bits per heavy atom. The Labute approximate surface area is 108 Å². The molecule has 1 aromatic carbocycles. The second kappa shape index (κ2) is 4.57. The Morgan fingerprint density at radius 3 is 2.22 bits per heavy atom. The maximum Gasteiger partial charge on any atom is 0.166 e. The third-order valence-corrected chi connectivity index (χ3v) is 6.23. The quantitative estimate of drug-likeness (QED) is 0.771. The van der Waals surface area contributed by atoms with E-state index in [9.17, 15) is 13.4 Å². The Bertz CT molecular complexity index is 481. The van der Waals surface area contributed by atoms with Gasteiger partial charge in [0.1, 0.15) is 5.82 Å². The van der Waals surface area contributed by atoms with Gasteiger partial charge in [-0.05, 0) is 49.9 Å². The van der Waals surface area contributed by atoms with Crippen LogP contribution in [0.4, 0.5) is 4.39 Å². The zero-order valence-electron chi connectivity index (χ0n) is 9.97. The monoisotopic (exact) mass is 266 g/mol. The second-order valence-corrected chi connectivity index (χ2v) is 7.18. The lowest BCUT2D eigenvalue weighted by atomic mass is 9.90. The fourth-order valence-electron chi connectivity index (χ4n) is 3.10. The van der Waals surface area contributed by atoms with Gasteiger partial charge in [0.25, 0.3) is 0 Å². The highest BCUT2D eigenvalue weighted by Gasteiger charge is 2.42. The summed E-state index contributed by atoms with van der Waals surface area (Å²) in [5.74, 6) is -0.259. The molecule has 0 radical (unpaired) electrons. The minimum absolute atomic E-state index is 0.0225. The maximum absolute atomic E-state index is 12.8. The van der Waals surface area contributed by atoms with Crippen LogP contribution in [0.3, 0.4) is 0 Å². The van der Waals surface area contributed by atoms with E-state index in [4.69, 9.17) is 0 Å². The molecule has 2 aliphatic heterocycles. The van der Waals surface area contributed by atoms with Crippen molar-refractivity contribution >= 4 is 16.6 Å². The highest BCUT2D eigenvalue weighted by molar-refractivity contribution is 7.86. The normalized spacial score (nSPS) is 34.5. The van der Waals surface area contributed by atoms with E-state index in [2.05, 4.69) is 0 Å². The van der Waals surface area contributed by atoms with Gasteiger partial charge in [0, 0.05) is 32.8 Å². The lowest BCUT2D eigenvalue weighted by molar-refractivity contribution is 0.0906. The van der Waals surface area contributed by atoms with Crippen LogP contribution in [0.2, 0.25) is 0 Å². The van der Waals surface area contributed by atoms with E-state index in [0.717, 1.165) is 25.7 Å². The number of hydrogen-bond donors (Lipinski definition) is 0. The van der Waals surface area contributed by atoms with E-state index >= 15 is 0 Å². The second-order valence-electron chi connectivity index (χ2n) is 5.19. The fourth-order valence-corrected chi connectivity index (χ4v) is 5.22. The molecule has 0 aromatic heterocycles. The molecule has 2 nitrogen and oxygen atoms in total. The van der Waals surface area contributed by atoms with Gasteiger partial charge >= 0.3 is 0 Å². The topological polar surface area (TPSA) is 34.1 Å². The highest BCUT2D eigenvalue weighted by atomic mass is 32.2. The number of Topliss-reactive ketones (excluding diaryl/α,β-unsaturated/α-hetero) is 1. The van der Waals surface area contributed by atoms with Crippen LogP contribution in [-0.2, 0) is 10.8 Å². The van der Waals surface area contributed by atoms with Crippen molar-refractivity contribution in [3.63, 3.8) is 0 Å². The lowest BCUT2D eigenvalue weighted by Crippen LogP contribution is -2.32. The minimum atomic E-state index is -0.728. The summed E-state index contributed by atoms with van der Waals surface area (Å²) < 4.78 is 24.7. The molecule has 18 heavy (non-hydrogen) atoms. The predicted molar refractivity (Wildman–Crippen MR) is 68.4 cm³/mol. The molecule has 2 saturated heterocycles. The summed E-state index contributed by atoms with van der Waals surface area (Å²) in [7, 11) is -0.728. The van der Waals surface area contributed by atoms with Crippen LogP contribution >= 0.6 is 0 Å². The number of benzene rings is 1. The number of fused-ring (bicyclic) bond motifs is 2. The van der Waals surface area contributed by atoms with Crippen molar-refractivity contribution in [1.82, 2.24) is 0 Å². The van der Waals surface area contributed by atoms with Gasteiger partial charge in [0.05, 0.1) is 0 Å². The Balaban J connectivity index is 1.78. The van der Waals surface area contributed by atoms with Gasteiger partial charge < -0.3 is 0 Å². The summed E-state index contributed by atoms with van der Waals surface area (Å²) in [4.78, 5) is 12.3. The first-order chi connectivity index (χ1) is 8.65. The molecule has 4 heteroatoms. The van der Waals surface area contributed by atoms with Gasteiger partial charge in [-0.2, -0.15) is 0 Å². The molecule has 0 saturated carbocycles. The van der Waals surface area contributed by atoms with E-state index in [-0.39, 0.29) is 28.0 Å². The average molecular weight is 266 g/mol. The Morgan fingerprint density at radius 1 is 1.11 bits per heavy atom. The minimum Gasteiger partial charge on any atom is -0.294 e. The average Bonchev–Trinajstić information content (AvgIpc) is 2.62. The fraction of sp³-hybridized carbons (Fsp3) is 0.500. The van der Waals surface area contributed by atoms with E-state index in [1.165, 1.54) is 12.1 Å². The zero-order chi connectivity index (χ0) is 12.7. The third-order valence-electron chi connectivity index (χ3n) is 4.06. The summed E-state index contributed by atoms with van der Waals surface area (Å²) >= 11 is 0. The van der Waals surface area contributed by atoms with Crippen molar-refractivity contribution in [3.05, 3.63) is 35.6 Å². The highest BCUT2D eigenvalue weighted by Crippen LogP contribution is 2.39. The molecule has 0 N–H and O–H groups in total. The van der Waals surface area contributed by atoms with Crippen LogP contribution in [0, 0.1) is 11.7 Å². The molecule has 0 amide bonds. The standard InChI is InChI=1S/C14H15FO2S/c15-11-3-1-9(2-4-11)14(16)10-7-12-5-6-13(8-10)18(12)17/h1-4,10,12-13H,5-8H2. The molecule has 3 rings (SSSR count). The molecule has 1 aromatic rings. The lowest BCUT2D eigenvalue weighted by Gasteiger charge is -2.26. The molecule has 2 atom stereocenters. The molecule has 0 spiro atoms. The number of rotatable bonds is 2. The van der Waals surface area contributed by atoms with Crippen LogP contribution in [-0.4, -0.2) is 20.5 Å². The molecular formula is C14H15FO2S. The van der Waals surface area contributed by atoms with Crippen molar-refractivity contribution < 1.29 is 13.4 Å². The van der Waals surface area contributed by atoms with Crippen molar-refractivity contribution in [1.29, 1.82) is 0 Å². The summed E-state index contributed by atoms with van der Waals surface area (Å²) in [5, 5.41) is 0.413. The maximum atomic E-state index is 12.8. The molecule has 2 aliphatic rings. The largest absolute Gasteiger partial charge is 0.294 e. The first-order valence-corrected chi connectivity index (χ1v) is 7.62. The summed E-state index contributed by atoms with van der Waals surface area (Å²) in [6.07, 6.45) is 3.45. The van der Waals surface area contributed by atoms with E-state index in [0.29, 0.717) is 5.56 Å². The number of halogens is 1. The first-order valence-electron chi connectivity index (χ1n) is 6.34. The van der Waals surface area contributed by atoms with Crippen molar-refractivity contribution in [2.24, 2.45) is 5.92 Å². The van der Waals surface area contributed by atoms with Crippen molar-refractivity contribution in [3.8, 4) is 0 Å². The molecule has 2 unspecified atom stereocenters. The Hall–Kier alpha value is -1.03. The number of carbonyl (C=O) groups is 1. The van der Waals surface area contributed by atoms with Crippen LogP contribution in [0.1, 0.15) is 36.0 Å². The van der Waals surface area contributed by atoms with Crippen molar-refractivity contribution in [2.75, 3.05) is 0 Å². The molecule has 0 aliphatic carbocycles. The van der Waals surface area contributed by atoms with Gasteiger partial charge in [-0.1, -0.05) is 0 Å². The first kappa shape index (κ1) is 12.0. The number of ketones is 1. The molecule has 96 valence electrons. The van der Waals surface area contributed by atoms with E-state index < -0.39 is 10.8 Å². The van der Waals surface area contributed by atoms with Crippen LogP contribution in [0.5, 0.6) is 0 Å². The smallest absolute Gasteiger partial charge is 0.166 e. The van der Waals surface area contributed by atoms with Crippen LogP contribution in [0.15, 0.2) is 24.3 Å². The third kappa shape index (κ3) is 2.03. The summed E-state index contributed by atoms with van der Waals surface area (Å²) in [6, 6.07) is 5.74. The summed E-state index contributed by atoms with van der Waals surface area (Å²) in [5.41, 5.74) is 0.577. The van der Waals surface area contributed by atoms with Crippen LogP contribution in [0.25, 0.3) is 0 Å². The number of hydrogen-bond acceptors (Lipinski definition) is 2. The molecule has 2 bridgehead atoms. The molecule has 2 fully saturated rings. The van der Waals surface area contributed by atoms with E-state index in [1.807, 2.05) is 0 Å². The van der Waals surface area contributed by atoms with Gasteiger partial charge in [-0.3, -0.25) is 9.00 Å². The van der Waals surface area contributed by atoms with Gasteiger partial charge in [-0.25, -0.2) is 4.39 Å². The van der Waals surface area contributed by atoms with Gasteiger partial charge in [-0.15, -0.1) is 0 Å². The molecule has 2 heterocycles. The van der Waals surface area contributed by atoms with E-state index in [1.54, 1.807) is 12.1 Å². The van der Waals surface area contributed by atoms with Crippen LogP contribution < -0.4 is 0 Å². The predicted octanol–water partition coefficient (Wildman–Crippen LogP) is 2.70. The Kier molecular flexibility index (Phi) is 3.06. The number of carbonyl (C=O) groups excluding carboxylic acids is 1. The SMILES string of the molecule is O=C(c1ccc(F)cc1)C1CC2CCC(C1)S2=O. The van der Waals surface area contributed by atoms with Gasteiger partial charge in [0.2, 0.25) is 0 Å².